The van der Waals surface area contributed by atoms with Gasteiger partial charge in [0, 0.05) is 11.5 Å². The van der Waals surface area contributed by atoms with Crippen molar-refractivity contribution >= 4 is 5.69 Å². The molecule has 17 heteroatoms. The van der Waals surface area contributed by atoms with Crippen molar-refractivity contribution in [3.05, 3.63) is 71.5 Å². The zero-order chi connectivity index (χ0) is 32.8. The van der Waals surface area contributed by atoms with Gasteiger partial charge in [-0.2, -0.15) is 57.1 Å². The van der Waals surface area contributed by atoms with Crippen LogP contribution < -0.4 is 9.64 Å². The van der Waals surface area contributed by atoms with Gasteiger partial charge in [-0.05, 0) is 48.4 Å². The number of ether oxygens (including phenoxy) is 2. The van der Waals surface area contributed by atoms with Crippen molar-refractivity contribution in [2.24, 2.45) is 5.92 Å². The lowest BCUT2D eigenvalue weighted by atomic mass is 9.89. The average molecular weight is 653 g/mol. The van der Waals surface area contributed by atoms with Crippen LogP contribution in [0.4, 0.5) is 62.8 Å². The van der Waals surface area contributed by atoms with Crippen LogP contribution in [-0.2, 0) is 17.1 Å². The molecule has 0 amide bonds. The summed E-state index contributed by atoms with van der Waals surface area (Å²) in [5.74, 6) is -2.21. The molecule has 1 N–H and O–H groups in total. The molecule has 0 radical (unpaired) electrons. The van der Waals surface area contributed by atoms with Crippen molar-refractivity contribution in [2.45, 2.75) is 49.6 Å². The van der Waals surface area contributed by atoms with Gasteiger partial charge >= 0.3 is 31.1 Å². The molecule has 4 nitrogen and oxygen atoms in total. The summed E-state index contributed by atoms with van der Waals surface area (Å²) in [6.07, 6.45) is -24.7. The Labute approximate surface area is 240 Å². The predicted molar refractivity (Wildman–Crippen MR) is 128 cm³/mol. The van der Waals surface area contributed by atoms with Crippen molar-refractivity contribution in [1.29, 1.82) is 0 Å². The molecule has 1 aliphatic heterocycles. The van der Waals surface area contributed by atoms with Crippen LogP contribution in [0.2, 0.25) is 0 Å². The standard InChI is InChI=1S/C27H20F13NO3/c28-23(29)27(39,40)44-17-4-1-3-13(9-17)20-12-43-22-18(5-2-6-19(22)41(20)11-21(42)26(36,37)38)14-7-15(24(30,31)32)10-16(8-14)25(33,34)35/h1-2,4-10,13,20-21,23,42H,3,11-12H2/t13?,20-,21-/m1/s1. The summed E-state index contributed by atoms with van der Waals surface area (Å²) in [6, 6.07) is 2.79. The number of nitrogens with zero attached hydrogens (tertiary/aromatic N) is 1. The zero-order valence-corrected chi connectivity index (χ0v) is 21.8. The quantitative estimate of drug-likeness (QED) is 0.306. The third kappa shape index (κ3) is 7.18. The highest BCUT2D eigenvalue weighted by molar-refractivity contribution is 5.80. The molecule has 242 valence electrons. The smallest absolute Gasteiger partial charge is 0.461 e. The van der Waals surface area contributed by atoms with Gasteiger partial charge in [-0.15, -0.1) is 0 Å². The second-order valence-corrected chi connectivity index (χ2v) is 9.87. The van der Waals surface area contributed by atoms with E-state index in [2.05, 4.69) is 4.74 Å². The van der Waals surface area contributed by atoms with Crippen LogP contribution >= 0.6 is 0 Å². The number of rotatable bonds is 7. The van der Waals surface area contributed by atoms with E-state index in [-0.39, 0.29) is 23.7 Å². The minimum absolute atomic E-state index is 0.0582. The Morgan fingerprint density at radius 3 is 2.07 bits per heavy atom. The number of alkyl halides is 13. The first kappa shape index (κ1) is 33.3. The maximum Gasteiger partial charge on any atom is 0.461 e. The van der Waals surface area contributed by atoms with Gasteiger partial charge in [-0.1, -0.05) is 18.2 Å². The molecule has 44 heavy (non-hydrogen) atoms. The summed E-state index contributed by atoms with van der Waals surface area (Å²) in [4.78, 5) is 0.919. The summed E-state index contributed by atoms with van der Waals surface area (Å²) in [5, 5.41) is 9.89. The number of β-amino-alcohol motifs (C(OH)–C–C–N with tert-alkyl or cyclic N) is 1. The molecule has 3 atom stereocenters. The van der Waals surface area contributed by atoms with Gasteiger partial charge in [0.25, 0.3) is 0 Å². The molecule has 0 bridgehead atoms. The Balaban J connectivity index is 1.81. The third-order valence-electron chi connectivity index (χ3n) is 6.82. The molecule has 2 aromatic rings. The summed E-state index contributed by atoms with van der Waals surface area (Å²) in [5.41, 5.74) is -4.60. The highest BCUT2D eigenvalue weighted by Crippen LogP contribution is 2.47. The van der Waals surface area contributed by atoms with E-state index in [1.807, 2.05) is 0 Å². The van der Waals surface area contributed by atoms with Crippen LogP contribution in [0.25, 0.3) is 11.1 Å². The van der Waals surface area contributed by atoms with E-state index in [9.17, 15) is 62.2 Å². The van der Waals surface area contributed by atoms with Crippen LogP contribution in [0.1, 0.15) is 17.5 Å². The molecular weight excluding hydrogens is 633 g/mol. The zero-order valence-electron chi connectivity index (χ0n) is 21.8. The van der Waals surface area contributed by atoms with Crippen LogP contribution in [0.5, 0.6) is 5.75 Å². The fourth-order valence-corrected chi connectivity index (χ4v) is 4.77. The number of hydrogen-bond donors (Lipinski definition) is 1. The number of aliphatic hydroxyl groups excluding tert-OH is 1. The molecule has 4 rings (SSSR count). The fourth-order valence-electron chi connectivity index (χ4n) is 4.77. The fraction of sp³-hybridized carbons (Fsp3) is 0.407. The van der Waals surface area contributed by atoms with Gasteiger partial charge in [-0.25, -0.2) is 0 Å². The Hall–Kier alpha value is -3.63. The van der Waals surface area contributed by atoms with Gasteiger partial charge in [-0.3, -0.25) is 0 Å². The molecule has 0 saturated heterocycles. The molecule has 1 aliphatic carbocycles. The number of allylic oxidation sites excluding steroid dienone is 2. The van der Waals surface area contributed by atoms with Crippen molar-refractivity contribution in [2.75, 3.05) is 18.1 Å². The Morgan fingerprint density at radius 1 is 0.909 bits per heavy atom. The molecule has 1 unspecified atom stereocenters. The summed E-state index contributed by atoms with van der Waals surface area (Å²) < 4.78 is 183. The van der Waals surface area contributed by atoms with Crippen LogP contribution in [0.15, 0.2) is 60.4 Å². The predicted octanol–water partition coefficient (Wildman–Crippen LogP) is 8.22. The maximum absolute atomic E-state index is 13.5. The van der Waals surface area contributed by atoms with Gasteiger partial charge in [0.1, 0.15) is 12.4 Å². The van der Waals surface area contributed by atoms with E-state index in [0.29, 0.717) is 12.1 Å². The van der Waals surface area contributed by atoms with Crippen LogP contribution in [0, 0.1) is 5.92 Å². The monoisotopic (exact) mass is 653 g/mol. The van der Waals surface area contributed by atoms with E-state index in [0.717, 1.165) is 35.3 Å². The van der Waals surface area contributed by atoms with Gasteiger partial charge < -0.3 is 19.5 Å². The average Bonchev–Trinajstić information content (AvgIpc) is 2.91. The molecular formula is C27H20F13NO3. The number of anilines is 1. The van der Waals surface area contributed by atoms with E-state index in [1.54, 1.807) is 0 Å². The lowest BCUT2D eigenvalue weighted by Crippen LogP contribution is -2.52. The second kappa shape index (κ2) is 11.7. The molecule has 0 saturated carbocycles. The largest absolute Gasteiger partial charge is 0.489 e. The summed E-state index contributed by atoms with van der Waals surface area (Å²) in [6.45, 7) is -1.82. The number of fused-ring (bicyclic) bond motifs is 1. The van der Waals surface area contributed by atoms with Crippen molar-refractivity contribution in [3.63, 3.8) is 0 Å². The number of benzene rings is 2. The number of halogens is 13. The normalized spacial score (nSPS) is 20.2. The molecule has 0 fully saturated rings. The van der Waals surface area contributed by atoms with E-state index >= 15 is 0 Å². The van der Waals surface area contributed by atoms with Crippen molar-refractivity contribution in [1.82, 2.24) is 0 Å². The van der Waals surface area contributed by atoms with Gasteiger partial charge in [0.2, 0.25) is 0 Å². The first-order valence-electron chi connectivity index (χ1n) is 12.5. The van der Waals surface area contributed by atoms with E-state index in [4.69, 9.17) is 4.74 Å². The highest BCUT2D eigenvalue weighted by atomic mass is 19.4. The lowest BCUT2D eigenvalue weighted by molar-refractivity contribution is -0.280. The number of aliphatic hydroxyl groups is 1. The number of hydrogen-bond acceptors (Lipinski definition) is 4. The van der Waals surface area contributed by atoms with Crippen molar-refractivity contribution < 1.29 is 71.7 Å². The van der Waals surface area contributed by atoms with Gasteiger partial charge in [0.15, 0.2) is 11.9 Å². The minimum Gasteiger partial charge on any atom is -0.489 e. The SMILES string of the molecule is O[C@H](CN1c2cccc(-c3cc(C(F)(F)F)cc(C(F)(F)F)c3)c2OC[C@@H]1C1C=C(OC(F)(F)C(F)F)C=CC1)C(F)(F)F. The minimum atomic E-state index is -5.21. The summed E-state index contributed by atoms with van der Waals surface area (Å²) in [7, 11) is 0. The Bertz CT molecular complexity index is 1380. The molecule has 2 aromatic carbocycles. The van der Waals surface area contributed by atoms with E-state index in [1.165, 1.54) is 6.08 Å². The Morgan fingerprint density at radius 2 is 1.52 bits per heavy atom. The highest BCUT2D eigenvalue weighted by Gasteiger charge is 2.46. The van der Waals surface area contributed by atoms with Crippen molar-refractivity contribution in [3.8, 4) is 16.9 Å². The first-order valence-corrected chi connectivity index (χ1v) is 12.5. The second-order valence-electron chi connectivity index (χ2n) is 9.87. The lowest BCUT2D eigenvalue weighted by Gasteiger charge is -2.43. The molecule has 2 aliphatic rings. The van der Waals surface area contributed by atoms with E-state index < -0.39 is 90.5 Å². The third-order valence-corrected chi connectivity index (χ3v) is 6.82. The molecule has 1 heterocycles. The number of para-hydroxylation sites is 1. The Kier molecular flexibility index (Phi) is 8.85. The van der Waals surface area contributed by atoms with Crippen LogP contribution in [-0.4, -0.2) is 49.1 Å². The summed E-state index contributed by atoms with van der Waals surface area (Å²) >= 11 is 0. The molecule has 0 aromatic heterocycles. The topological polar surface area (TPSA) is 41.9 Å². The first-order chi connectivity index (χ1) is 20.2. The molecule has 0 spiro atoms. The maximum atomic E-state index is 13.5. The van der Waals surface area contributed by atoms with Gasteiger partial charge in [0.05, 0.1) is 29.4 Å². The van der Waals surface area contributed by atoms with Crippen LogP contribution in [0.3, 0.4) is 0 Å².